The van der Waals surface area contributed by atoms with E-state index in [0.717, 1.165) is 12.1 Å². The number of hydrogen-bond acceptors (Lipinski definition) is 12. The van der Waals surface area contributed by atoms with Gasteiger partial charge in [0.2, 0.25) is 27.7 Å². The number of nitrogens with zero attached hydrogens (tertiary/aromatic N) is 2. The lowest BCUT2D eigenvalue weighted by molar-refractivity contribution is -0.274. The van der Waals surface area contributed by atoms with Gasteiger partial charge in [-0.15, -0.1) is 13.2 Å². The van der Waals surface area contributed by atoms with Gasteiger partial charge in [0.05, 0.1) is 31.2 Å². The average molecular weight is 888 g/mol. The van der Waals surface area contributed by atoms with Crippen molar-refractivity contribution in [2.75, 3.05) is 26.9 Å². The van der Waals surface area contributed by atoms with E-state index in [0.29, 0.717) is 47.0 Å². The van der Waals surface area contributed by atoms with Crippen LogP contribution in [0.2, 0.25) is 0 Å². The molecular weight excluding hydrogens is 840 g/mol. The molecule has 334 valence electrons. The van der Waals surface area contributed by atoms with E-state index in [2.05, 4.69) is 20.1 Å². The largest absolute Gasteiger partial charge is 0.573 e. The minimum absolute atomic E-state index is 0.00895. The molecule has 0 radical (unpaired) electrons. The molecule has 2 aliphatic heterocycles. The summed E-state index contributed by atoms with van der Waals surface area (Å²) < 4.78 is 93.9. The Balaban J connectivity index is 1.23. The van der Waals surface area contributed by atoms with Gasteiger partial charge in [-0.25, -0.2) is 18.2 Å². The van der Waals surface area contributed by atoms with Crippen molar-refractivity contribution in [1.82, 2.24) is 25.2 Å². The Morgan fingerprint density at radius 1 is 1.00 bits per heavy atom. The van der Waals surface area contributed by atoms with Gasteiger partial charge in [-0.2, -0.15) is 0 Å². The second kappa shape index (κ2) is 17.3. The zero-order valence-corrected chi connectivity index (χ0v) is 35.3. The minimum Gasteiger partial charge on any atom is -0.497 e. The second-order valence-electron chi connectivity index (χ2n) is 16.7. The molecule has 0 spiro atoms. The average Bonchev–Trinajstić information content (AvgIpc) is 4.12. The monoisotopic (exact) mass is 887 g/mol. The maximum atomic E-state index is 14.6. The fraction of sp³-hybridized carbons (Fsp3) is 0.500. The lowest BCUT2D eigenvalue weighted by Crippen LogP contribution is -2.58. The molecule has 0 bridgehead atoms. The summed E-state index contributed by atoms with van der Waals surface area (Å²) in [5.41, 5.74) is -1.81. The molecule has 2 aromatic carbocycles. The van der Waals surface area contributed by atoms with Crippen LogP contribution in [0.5, 0.6) is 17.4 Å². The van der Waals surface area contributed by atoms with Gasteiger partial charge in [0.1, 0.15) is 40.8 Å². The predicted octanol–water partition coefficient (Wildman–Crippen LogP) is 4.90. The van der Waals surface area contributed by atoms with Crippen LogP contribution in [-0.4, -0.2) is 110 Å². The Kier molecular flexibility index (Phi) is 12.4. The Hall–Kier alpha value is -5.63. The molecule has 4 aliphatic rings. The molecular formula is C42H48F3N5O11S. The summed E-state index contributed by atoms with van der Waals surface area (Å²) in [7, 11) is -2.50. The third-order valence-electron chi connectivity index (χ3n) is 10.8. The van der Waals surface area contributed by atoms with Crippen LogP contribution in [0.1, 0.15) is 59.3 Å². The predicted molar refractivity (Wildman–Crippen MR) is 216 cm³/mol. The van der Waals surface area contributed by atoms with Gasteiger partial charge in [-0.1, -0.05) is 12.2 Å². The maximum absolute atomic E-state index is 14.6. The minimum atomic E-state index is -4.89. The normalized spacial score (nSPS) is 24.7. The highest BCUT2D eigenvalue weighted by Crippen LogP contribution is 2.46. The summed E-state index contributed by atoms with van der Waals surface area (Å²) in [6.45, 7) is 5.08. The highest BCUT2D eigenvalue weighted by molar-refractivity contribution is 7.91. The van der Waals surface area contributed by atoms with Crippen LogP contribution in [0, 0.1) is 5.92 Å². The van der Waals surface area contributed by atoms with Crippen molar-refractivity contribution in [3.05, 3.63) is 60.7 Å². The number of methoxy groups -OCH3 is 1. The molecule has 2 aliphatic carbocycles. The second-order valence-corrected chi connectivity index (χ2v) is 18.7. The molecule has 3 N–H and O–H groups in total. The molecule has 3 heterocycles. The number of hydrogen-bond donors (Lipinski definition) is 3. The lowest BCUT2D eigenvalue weighted by Gasteiger charge is -2.30. The fourth-order valence-electron chi connectivity index (χ4n) is 7.52. The Bertz CT molecular complexity index is 2350. The van der Waals surface area contributed by atoms with Gasteiger partial charge in [0.25, 0.3) is 5.91 Å². The smallest absolute Gasteiger partial charge is 0.497 e. The van der Waals surface area contributed by atoms with E-state index >= 15 is 0 Å². The number of alkyl carbamates (subject to hydrolysis) is 1. The molecule has 7 rings (SSSR count). The van der Waals surface area contributed by atoms with Crippen LogP contribution in [0.4, 0.5) is 18.0 Å². The Morgan fingerprint density at radius 2 is 1.73 bits per heavy atom. The van der Waals surface area contributed by atoms with Gasteiger partial charge >= 0.3 is 12.5 Å². The SMILES string of the molecule is COc1ccc2c(OC3C[C@H]4C(=O)N[C@]5(C(=O)NS(=O)(=O)C6CC6)C[C@H]5C=CCCOCC[C@H](NC(=O)OC(C)(C)C)C(=O)N4C3)nc(-c3ccc(OC(F)(F)F)cc3)cc2c1. The zero-order valence-electron chi connectivity index (χ0n) is 34.5. The third kappa shape index (κ3) is 10.5. The molecule has 4 amide bonds. The quantitative estimate of drug-likeness (QED) is 0.246. The maximum Gasteiger partial charge on any atom is 0.573 e. The number of halogens is 3. The number of pyridine rings is 1. The van der Waals surface area contributed by atoms with Gasteiger partial charge in [-0.05, 0) is 100 Å². The number of rotatable bonds is 9. The number of ether oxygens (including phenoxy) is 5. The van der Waals surface area contributed by atoms with Crippen LogP contribution < -0.4 is 29.6 Å². The highest BCUT2D eigenvalue weighted by atomic mass is 32.2. The first kappa shape index (κ1) is 44.4. The highest BCUT2D eigenvalue weighted by Gasteiger charge is 2.62. The molecule has 2 saturated carbocycles. The van der Waals surface area contributed by atoms with E-state index in [1.54, 1.807) is 57.2 Å². The number of fused-ring (bicyclic) bond motifs is 3. The van der Waals surface area contributed by atoms with Crippen LogP contribution in [0.15, 0.2) is 60.7 Å². The summed E-state index contributed by atoms with van der Waals surface area (Å²) in [4.78, 5) is 62.0. The van der Waals surface area contributed by atoms with Crippen molar-refractivity contribution < 1.29 is 64.5 Å². The number of carbonyl (C=O) groups excluding carboxylic acids is 4. The summed E-state index contributed by atoms with van der Waals surface area (Å²) in [6, 6.07) is 9.38. The van der Waals surface area contributed by atoms with Crippen molar-refractivity contribution in [3.63, 3.8) is 0 Å². The van der Waals surface area contributed by atoms with Gasteiger partial charge < -0.3 is 39.2 Å². The molecule has 16 nitrogen and oxygen atoms in total. The van der Waals surface area contributed by atoms with Gasteiger partial charge in [0, 0.05) is 36.3 Å². The van der Waals surface area contributed by atoms with Crippen molar-refractivity contribution >= 4 is 44.6 Å². The van der Waals surface area contributed by atoms with Crippen LogP contribution in [0.25, 0.3) is 22.0 Å². The number of amides is 4. The molecule has 1 aromatic heterocycles. The molecule has 5 atom stereocenters. The standard InChI is InChI=1S/C42H48F3N5O11S/c1-40(2,3)61-39(54)47-32-16-18-58-17-6-5-7-26-22-41(26,38(53)49-62(55,56)30-13-14-30)48-35(51)34-21-29(23-50(34)37(32)52)59-36-31-15-12-28(57-4)19-25(31)20-33(46-36)24-8-10-27(11-9-24)60-42(43,44)45/h5,7-12,15,19-20,26,29-30,32,34H,6,13-14,16-18,21-23H2,1-4H3,(H,47,54)(H,48,51)(H,49,53)/t26-,29?,32+,34+,41-/m1/s1. The van der Waals surface area contributed by atoms with E-state index in [9.17, 15) is 40.8 Å². The first-order valence-electron chi connectivity index (χ1n) is 20.2. The van der Waals surface area contributed by atoms with Crippen molar-refractivity contribution in [2.45, 2.75) is 100 Å². The number of aromatic nitrogens is 1. The van der Waals surface area contributed by atoms with Gasteiger partial charge in [0.15, 0.2) is 0 Å². The van der Waals surface area contributed by atoms with Crippen molar-refractivity contribution in [3.8, 4) is 28.6 Å². The van der Waals surface area contributed by atoms with E-state index in [1.165, 1.54) is 24.1 Å². The number of carbonyl (C=O) groups is 4. The van der Waals surface area contributed by atoms with E-state index < -0.39 is 86.4 Å². The summed E-state index contributed by atoms with van der Waals surface area (Å²) >= 11 is 0. The van der Waals surface area contributed by atoms with E-state index in [-0.39, 0.29) is 44.9 Å². The van der Waals surface area contributed by atoms with Crippen LogP contribution in [0.3, 0.4) is 0 Å². The number of benzene rings is 2. The Morgan fingerprint density at radius 3 is 2.40 bits per heavy atom. The first-order chi connectivity index (χ1) is 29.2. The summed E-state index contributed by atoms with van der Waals surface area (Å²) in [6.07, 6.45) is -1.95. The van der Waals surface area contributed by atoms with Gasteiger partial charge in [-0.3, -0.25) is 19.1 Å². The van der Waals surface area contributed by atoms with Crippen molar-refractivity contribution in [1.29, 1.82) is 0 Å². The van der Waals surface area contributed by atoms with E-state index in [1.807, 2.05) is 0 Å². The molecule has 20 heteroatoms. The van der Waals surface area contributed by atoms with Crippen LogP contribution in [-0.2, 0) is 33.9 Å². The molecule has 62 heavy (non-hydrogen) atoms. The summed E-state index contributed by atoms with van der Waals surface area (Å²) in [5.74, 6) is -2.73. The van der Waals surface area contributed by atoms with Crippen LogP contribution >= 0.6 is 0 Å². The number of sulfonamides is 1. The molecule has 3 fully saturated rings. The van der Waals surface area contributed by atoms with E-state index in [4.69, 9.17) is 23.9 Å². The topological polar surface area (TPSA) is 201 Å². The molecule has 1 saturated heterocycles. The zero-order chi connectivity index (χ0) is 44.6. The number of nitrogens with one attached hydrogen (secondary N) is 3. The molecule has 1 unspecified atom stereocenters. The fourth-order valence-corrected chi connectivity index (χ4v) is 8.88. The van der Waals surface area contributed by atoms with Crippen molar-refractivity contribution in [2.24, 2.45) is 5.92 Å². The Labute approximate surface area is 355 Å². The molecule has 3 aromatic rings. The third-order valence-corrected chi connectivity index (χ3v) is 12.6. The first-order valence-corrected chi connectivity index (χ1v) is 21.7. The summed E-state index contributed by atoms with van der Waals surface area (Å²) in [5, 5.41) is 5.82. The number of alkyl halides is 3. The lowest BCUT2D eigenvalue weighted by atomic mass is 10.1.